The van der Waals surface area contributed by atoms with Gasteiger partial charge < -0.3 is 79.2 Å². The average Bonchev–Trinajstić information content (AvgIpc) is 3.10. The van der Waals surface area contributed by atoms with E-state index >= 15 is 0 Å². The minimum atomic E-state index is -1.81. The third-order valence-electron chi connectivity index (χ3n) is 9.80. The van der Waals surface area contributed by atoms with E-state index in [1.54, 1.807) is 68.4 Å². The molecule has 63 heavy (non-hydrogen) atoms. The monoisotopic (exact) mass is 921 g/mol. The number of likely N-dealkylation sites (N-methyl/N-ethyl adjacent to an activating group) is 1. The highest BCUT2D eigenvalue weighted by Gasteiger charge is 2.56. The Hall–Kier alpha value is -3.15. The molecular formula is C42H75N5O15S. The number of ether oxygens (including phenoxy) is 6. The van der Waals surface area contributed by atoms with Crippen molar-refractivity contribution in [1.82, 2.24) is 26.2 Å². The minimum absolute atomic E-state index is 0.0939. The minimum Gasteiger partial charge on any atom is -0.491 e. The van der Waals surface area contributed by atoms with Crippen LogP contribution in [-0.4, -0.2) is 171 Å². The molecule has 0 spiro atoms. The highest BCUT2D eigenvalue weighted by molar-refractivity contribution is 7.96. The first kappa shape index (κ1) is 54.2. The number of amides is 4. The molecule has 11 atom stereocenters. The van der Waals surface area contributed by atoms with E-state index in [1.165, 1.54) is 26.0 Å². The van der Waals surface area contributed by atoms with E-state index in [0.717, 1.165) is 4.90 Å². The molecule has 0 aromatic rings. The summed E-state index contributed by atoms with van der Waals surface area (Å²) in [5.74, 6) is -1.53. The molecule has 2 aliphatic heterocycles. The molecule has 0 radical (unpaired) electrons. The lowest BCUT2D eigenvalue weighted by molar-refractivity contribution is -0.305. The third kappa shape index (κ3) is 17.3. The van der Waals surface area contributed by atoms with E-state index in [2.05, 4.69) is 21.3 Å². The van der Waals surface area contributed by atoms with Gasteiger partial charge in [-0.2, -0.15) is 0 Å². The van der Waals surface area contributed by atoms with Crippen LogP contribution in [0.3, 0.4) is 0 Å². The number of alkyl carbamates (subject to hydrolysis) is 2. The van der Waals surface area contributed by atoms with Gasteiger partial charge in [0.2, 0.25) is 5.91 Å². The summed E-state index contributed by atoms with van der Waals surface area (Å²) in [6, 6.07) is -4.43. The van der Waals surface area contributed by atoms with Crippen LogP contribution in [0, 0.1) is 5.92 Å². The summed E-state index contributed by atoms with van der Waals surface area (Å²) in [5, 5.41) is 57.3. The van der Waals surface area contributed by atoms with Crippen LogP contribution in [-0.2, 0) is 37.4 Å². The van der Waals surface area contributed by atoms with Gasteiger partial charge in [0.05, 0.1) is 44.0 Å². The zero-order valence-corrected chi connectivity index (χ0v) is 40.3. The average molecular weight is 922 g/mol. The lowest BCUT2D eigenvalue weighted by Gasteiger charge is -2.52. The normalized spacial score (nSPS) is 30.5. The number of hydrogen-bond acceptors (Lipinski definition) is 17. The number of hydrogen-bond donors (Lipinski definition) is 8. The molecule has 20 nitrogen and oxygen atoms in total. The van der Waals surface area contributed by atoms with Gasteiger partial charge in [0.1, 0.15) is 53.1 Å². The van der Waals surface area contributed by atoms with E-state index in [4.69, 9.17) is 32.6 Å². The van der Waals surface area contributed by atoms with Gasteiger partial charge in [-0.3, -0.25) is 4.79 Å². The summed E-state index contributed by atoms with van der Waals surface area (Å²) in [6.07, 6.45) is -8.25. The molecular weight excluding hydrogens is 847 g/mol. The molecule has 0 aromatic carbocycles. The molecule has 2 heterocycles. The Balaban J connectivity index is 2.09. The fourth-order valence-corrected chi connectivity index (χ4v) is 8.01. The van der Waals surface area contributed by atoms with Crippen LogP contribution in [0.25, 0.3) is 0 Å². The van der Waals surface area contributed by atoms with Gasteiger partial charge in [0.15, 0.2) is 6.29 Å². The van der Waals surface area contributed by atoms with Crippen molar-refractivity contribution in [1.29, 1.82) is 0 Å². The number of nitrogens with one attached hydrogen (secondary N) is 4. The van der Waals surface area contributed by atoms with Gasteiger partial charge in [-0.15, -0.1) is 0 Å². The van der Waals surface area contributed by atoms with Gasteiger partial charge in [-0.25, -0.2) is 14.4 Å². The van der Waals surface area contributed by atoms with E-state index in [-0.39, 0.29) is 24.1 Å². The predicted molar refractivity (Wildman–Crippen MR) is 232 cm³/mol. The molecule has 1 saturated heterocycles. The predicted octanol–water partition coefficient (Wildman–Crippen LogP) is 2.45. The number of rotatable bonds is 14. The molecule has 1 aliphatic carbocycles. The largest absolute Gasteiger partial charge is 0.491 e. The van der Waals surface area contributed by atoms with Crippen LogP contribution >= 0.6 is 12.0 Å². The topological polar surface area (TPSA) is 265 Å². The van der Waals surface area contributed by atoms with E-state index in [9.17, 15) is 39.6 Å². The van der Waals surface area contributed by atoms with Gasteiger partial charge in [-0.05, 0) is 121 Å². The van der Waals surface area contributed by atoms with E-state index in [0.29, 0.717) is 18.9 Å². The van der Waals surface area contributed by atoms with Crippen LogP contribution < -0.4 is 21.3 Å². The van der Waals surface area contributed by atoms with E-state index in [1.807, 2.05) is 20.8 Å². The Morgan fingerprint density at radius 2 is 1.43 bits per heavy atom. The summed E-state index contributed by atoms with van der Waals surface area (Å²) < 4.78 is 41.2. The Bertz CT molecular complexity index is 1570. The molecule has 3 aliphatic rings. The van der Waals surface area contributed by atoms with Crippen molar-refractivity contribution < 1.29 is 72.2 Å². The summed E-state index contributed by atoms with van der Waals surface area (Å²) in [7, 11) is 1.34. The number of aliphatic hydroxyl groups is 4. The summed E-state index contributed by atoms with van der Waals surface area (Å²) in [6.45, 7) is 22.3. The molecule has 4 amide bonds. The number of nitrogens with zero attached hydrogens (tertiary/aromatic N) is 1. The fourth-order valence-electron chi connectivity index (χ4n) is 7.49. The first-order valence-electron chi connectivity index (χ1n) is 21.4. The maximum absolute atomic E-state index is 13.5. The summed E-state index contributed by atoms with van der Waals surface area (Å²) >= 11 is 1.36. The Labute approximate surface area is 376 Å². The first-order valence-corrected chi connectivity index (χ1v) is 22.1. The Kier molecular flexibility index (Phi) is 18.8. The smallest absolute Gasteiger partial charge is 0.410 e. The molecule has 3 rings (SSSR count). The van der Waals surface area contributed by atoms with Gasteiger partial charge in [-0.1, -0.05) is 0 Å². The fraction of sp³-hybridized carbons (Fsp3) is 0.857. The van der Waals surface area contributed by atoms with Crippen LogP contribution in [0.1, 0.15) is 103 Å². The van der Waals surface area contributed by atoms with Crippen LogP contribution in [0.4, 0.5) is 14.4 Å². The van der Waals surface area contributed by atoms with Crippen molar-refractivity contribution in [3.63, 3.8) is 0 Å². The van der Waals surface area contributed by atoms with Crippen molar-refractivity contribution in [2.24, 2.45) is 5.92 Å². The maximum Gasteiger partial charge on any atom is 0.410 e. The number of carbonyl (C=O) groups excluding carboxylic acids is 4. The number of carbonyl (C=O) groups is 4. The highest BCUT2D eigenvalue weighted by Crippen LogP contribution is 2.39. The zero-order valence-electron chi connectivity index (χ0n) is 39.4. The molecule has 8 N–H and O–H groups in total. The molecule has 21 heteroatoms. The van der Waals surface area contributed by atoms with Gasteiger partial charge in [0, 0.05) is 30.3 Å². The van der Waals surface area contributed by atoms with Crippen molar-refractivity contribution in [2.75, 3.05) is 40.0 Å². The second-order valence-corrected chi connectivity index (χ2v) is 22.1. The zero-order chi connectivity index (χ0) is 47.9. The second-order valence-electron chi connectivity index (χ2n) is 20.5. The third-order valence-corrected chi connectivity index (χ3v) is 10.6. The Morgan fingerprint density at radius 3 is 1.97 bits per heavy atom. The second kappa shape index (κ2) is 21.9. The van der Waals surface area contributed by atoms with Gasteiger partial charge in [0.25, 0.3) is 0 Å². The molecule has 0 aromatic heterocycles. The first-order chi connectivity index (χ1) is 28.8. The van der Waals surface area contributed by atoms with Gasteiger partial charge >= 0.3 is 18.3 Å². The van der Waals surface area contributed by atoms with Crippen LogP contribution in [0.15, 0.2) is 11.8 Å². The summed E-state index contributed by atoms with van der Waals surface area (Å²) in [4.78, 5) is 53.9. The molecule has 2 fully saturated rings. The van der Waals surface area contributed by atoms with Crippen molar-refractivity contribution >= 4 is 36.2 Å². The standard InChI is InChI=1S/C42H75N5O15S/c1-38(2,3)60-35(52)45-24-16-15-23(20-43-17-18-57-63-41(10,11)12)58-31(24)28-25(46-36(53)61-39(4,5)6)19-26(44-27(49)21-48)32(29(28)50)59-34-30(51)33(42(13,55)22-56-34)47(14)37(54)62-40(7,8)9/h15,24-26,28-34,43,48,50-51,55H,16-22H2,1-14H3,(H,44,49)(H,45,52)(H,46,53)/t24-,25+,26-,28?,29+,30-,31+,32+,33-,34-,42+/m1/s1. The van der Waals surface area contributed by atoms with Crippen LogP contribution in [0.5, 0.6) is 0 Å². The number of aliphatic hydroxyl groups excluding tert-OH is 3. The quantitative estimate of drug-likeness (QED) is 0.0707. The highest BCUT2D eigenvalue weighted by atomic mass is 32.2. The Morgan fingerprint density at radius 1 is 0.857 bits per heavy atom. The van der Waals surface area contributed by atoms with E-state index < -0.39 is 121 Å². The SMILES string of the molecule is CN(C(=O)OC(C)(C)C)[C@@H]1[C@@H](O)[C@@H](O[C@H]2[C@H](NC(=O)CO)C[C@H](NC(=O)OC(C)(C)C)C([C@H]3OC(CNCCOSC(C)(C)C)=CC[C@H]3NC(=O)OC(C)(C)C)[C@@H]2O)OC[C@]1(C)O. The molecule has 1 saturated carbocycles. The molecule has 0 bridgehead atoms. The summed E-state index contributed by atoms with van der Waals surface area (Å²) in [5.41, 5.74) is -4.51. The maximum atomic E-state index is 13.5. The van der Waals surface area contributed by atoms with Crippen LogP contribution in [0.2, 0.25) is 0 Å². The van der Waals surface area contributed by atoms with Crippen molar-refractivity contribution in [2.45, 2.75) is 185 Å². The lowest BCUT2D eigenvalue weighted by Crippen LogP contribution is -2.71. The molecule has 1 unspecified atom stereocenters. The molecule has 364 valence electrons. The lowest BCUT2D eigenvalue weighted by atomic mass is 9.72. The van der Waals surface area contributed by atoms with Crippen molar-refractivity contribution in [3.05, 3.63) is 11.8 Å². The van der Waals surface area contributed by atoms with Crippen molar-refractivity contribution in [3.8, 4) is 0 Å².